The number of amides is 2. The van der Waals surface area contributed by atoms with Gasteiger partial charge in [0.2, 0.25) is 5.91 Å². The van der Waals surface area contributed by atoms with E-state index in [2.05, 4.69) is 4.90 Å². The van der Waals surface area contributed by atoms with Gasteiger partial charge in [0.15, 0.2) is 0 Å². The smallest absolute Gasteiger partial charge is 0.274 e. The number of hydrogen-bond donors (Lipinski definition) is 1. The monoisotopic (exact) mass is 382 g/mol. The summed E-state index contributed by atoms with van der Waals surface area (Å²) in [5.41, 5.74) is 6.41. The van der Waals surface area contributed by atoms with Crippen LogP contribution in [0.2, 0.25) is 0 Å². The van der Waals surface area contributed by atoms with E-state index in [1.807, 2.05) is 23.1 Å². The zero-order valence-corrected chi connectivity index (χ0v) is 15.4. The molecule has 2 aromatic carbocycles. The molecule has 2 amide bonds. The Kier molecular flexibility index (Phi) is 6.00. The van der Waals surface area contributed by atoms with Crippen molar-refractivity contribution in [3.8, 4) is 0 Å². The first-order chi connectivity index (χ1) is 13.5. The minimum atomic E-state index is -0.695. The molecule has 146 valence electrons. The van der Waals surface area contributed by atoms with Gasteiger partial charge in [-0.3, -0.25) is 24.6 Å². The first-order valence-electron chi connectivity index (χ1n) is 9.09. The van der Waals surface area contributed by atoms with Crippen molar-refractivity contribution in [3.63, 3.8) is 0 Å². The molecule has 3 rings (SSSR count). The van der Waals surface area contributed by atoms with Crippen LogP contribution in [-0.2, 0) is 6.54 Å². The molecule has 28 heavy (non-hydrogen) atoms. The number of nitro benzene ring substituents is 1. The third-order valence-corrected chi connectivity index (χ3v) is 4.86. The molecule has 2 aromatic rings. The molecule has 0 aliphatic carbocycles. The maximum atomic E-state index is 12.6. The standard InChI is InChI=1S/C20H22N4O4/c21-19(25)16-7-8-17(18(13-16)24(27)28)14-22-9-4-10-23(12-11-22)20(26)15-5-2-1-3-6-15/h1-3,5-8,13H,4,9-12,14H2,(H2,21,25). The van der Waals surface area contributed by atoms with E-state index in [0.717, 1.165) is 13.0 Å². The molecule has 1 aliphatic heterocycles. The van der Waals surface area contributed by atoms with Crippen LogP contribution >= 0.6 is 0 Å². The molecular formula is C20H22N4O4. The third kappa shape index (κ3) is 4.52. The number of nitro groups is 1. The van der Waals surface area contributed by atoms with Crippen molar-refractivity contribution in [2.45, 2.75) is 13.0 Å². The summed E-state index contributed by atoms with van der Waals surface area (Å²) in [4.78, 5) is 38.7. The predicted octanol–water partition coefficient (Wildman–Crippen LogP) is 2.04. The second-order valence-corrected chi connectivity index (χ2v) is 6.75. The van der Waals surface area contributed by atoms with E-state index < -0.39 is 10.8 Å². The molecule has 8 heteroatoms. The van der Waals surface area contributed by atoms with Crippen LogP contribution in [0.1, 0.15) is 32.7 Å². The summed E-state index contributed by atoms with van der Waals surface area (Å²) in [6, 6.07) is 13.5. The Balaban J connectivity index is 1.69. The topological polar surface area (TPSA) is 110 Å². The summed E-state index contributed by atoms with van der Waals surface area (Å²) in [5, 5.41) is 11.4. The molecule has 1 saturated heterocycles. The minimum Gasteiger partial charge on any atom is -0.366 e. The molecule has 1 fully saturated rings. The molecule has 0 radical (unpaired) electrons. The van der Waals surface area contributed by atoms with Gasteiger partial charge in [0.05, 0.1) is 4.92 Å². The van der Waals surface area contributed by atoms with Gasteiger partial charge in [-0.1, -0.05) is 24.3 Å². The summed E-state index contributed by atoms with van der Waals surface area (Å²) in [7, 11) is 0. The second kappa shape index (κ2) is 8.62. The largest absolute Gasteiger partial charge is 0.366 e. The van der Waals surface area contributed by atoms with Gasteiger partial charge >= 0.3 is 0 Å². The number of hydrogen-bond acceptors (Lipinski definition) is 5. The lowest BCUT2D eigenvalue weighted by molar-refractivity contribution is -0.385. The van der Waals surface area contributed by atoms with Gasteiger partial charge in [-0.25, -0.2) is 0 Å². The number of carbonyl (C=O) groups excluding carboxylic acids is 2. The average molecular weight is 382 g/mol. The molecule has 8 nitrogen and oxygen atoms in total. The zero-order valence-electron chi connectivity index (χ0n) is 15.4. The first kappa shape index (κ1) is 19.5. The Labute approximate surface area is 162 Å². The Morgan fingerprint density at radius 3 is 2.43 bits per heavy atom. The molecule has 0 unspecified atom stereocenters. The third-order valence-electron chi connectivity index (χ3n) is 4.86. The molecule has 1 heterocycles. The fourth-order valence-electron chi connectivity index (χ4n) is 3.36. The van der Waals surface area contributed by atoms with Crippen LogP contribution in [0.3, 0.4) is 0 Å². The fourth-order valence-corrected chi connectivity index (χ4v) is 3.36. The van der Waals surface area contributed by atoms with Crippen molar-refractivity contribution in [2.24, 2.45) is 5.73 Å². The number of primary amides is 1. The summed E-state index contributed by atoms with van der Waals surface area (Å²) in [6.45, 7) is 2.93. The van der Waals surface area contributed by atoms with Crippen LogP contribution in [0, 0.1) is 10.1 Å². The fraction of sp³-hybridized carbons (Fsp3) is 0.300. The summed E-state index contributed by atoms with van der Waals surface area (Å²) < 4.78 is 0. The summed E-state index contributed by atoms with van der Waals surface area (Å²) in [6.07, 6.45) is 0.783. The van der Waals surface area contributed by atoms with Gasteiger partial charge in [-0.15, -0.1) is 0 Å². The van der Waals surface area contributed by atoms with Gasteiger partial charge in [0.1, 0.15) is 0 Å². The van der Waals surface area contributed by atoms with Gasteiger partial charge in [-0.2, -0.15) is 0 Å². The normalized spacial score (nSPS) is 15.1. The van der Waals surface area contributed by atoms with E-state index in [1.165, 1.54) is 12.1 Å². The molecule has 2 N–H and O–H groups in total. The maximum absolute atomic E-state index is 12.6. The lowest BCUT2D eigenvalue weighted by atomic mass is 10.1. The summed E-state index contributed by atoms with van der Waals surface area (Å²) in [5.74, 6) is -0.696. The SMILES string of the molecule is NC(=O)c1ccc(CN2CCCN(C(=O)c3ccccc3)CC2)c([N+](=O)[O-])c1. The lowest BCUT2D eigenvalue weighted by Gasteiger charge is -2.22. The zero-order chi connectivity index (χ0) is 20.1. The number of benzene rings is 2. The van der Waals surface area contributed by atoms with Gasteiger partial charge in [0, 0.05) is 55.5 Å². The van der Waals surface area contributed by atoms with E-state index >= 15 is 0 Å². The second-order valence-electron chi connectivity index (χ2n) is 6.75. The first-order valence-corrected chi connectivity index (χ1v) is 9.09. The van der Waals surface area contributed by atoms with E-state index in [1.54, 1.807) is 18.2 Å². The van der Waals surface area contributed by atoms with E-state index in [9.17, 15) is 19.7 Å². The van der Waals surface area contributed by atoms with Crippen molar-refractivity contribution in [1.29, 1.82) is 0 Å². The molecular weight excluding hydrogens is 360 g/mol. The van der Waals surface area contributed by atoms with Crippen molar-refractivity contribution in [3.05, 3.63) is 75.3 Å². The average Bonchev–Trinajstić information content (AvgIpc) is 2.93. The molecule has 0 bridgehead atoms. The van der Waals surface area contributed by atoms with Crippen molar-refractivity contribution < 1.29 is 14.5 Å². The highest BCUT2D eigenvalue weighted by Crippen LogP contribution is 2.23. The highest BCUT2D eigenvalue weighted by atomic mass is 16.6. The lowest BCUT2D eigenvalue weighted by Crippen LogP contribution is -2.35. The van der Waals surface area contributed by atoms with Crippen LogP contribution in [0.25, 0.3) is 0 Å². The Bertz CT molecular complexity index is 885. The Morgan fingerprint density at radius 1 is 1.00 bits per heavy atom. The number of nitrogens with zero attached hydrogens (tertiary/aromatic N) is 3. The minimum absolute atomic E-state index is 0.000702. The quantitative estimate of drug-likeness (QED) is 0.629. The van der Waals surface area contributed by atoms with Crippen LogP contribution in [-0.4, -0.2) is 52.7 Å². The van der Waals surface area contributed by atoms with Crippen LogP contribution < -0.4 is 5.73 Å². The van der Waals surface area contributed by atoms with Crippen LogP contribution in [0.5, 0.6) is 0 Å². The highest BCUT2D eigenvalue weighted by molar-refractivity contribution is 5.94. The summed E-state index contributed by atoms with van der Waals surface area (Å²) >= 11 is 0. The van der Waals surface area contributed by atoms with Gasteiger partial charge in [0.25, 0.3) is 11.6 Å². The molecule has 0 spiro atoms. The Morgan fingerprint density at radius 2 is 1.75 bits per heavy atom. The van der Waals surface area contributed by atoms with Gasteiger partial charge < -0.3 is 10.6 Å². The number of rotatable bonds is 5. The Hall–Kier alpha value is -3.26. The van der Waals surface area contributed by atoms with Crippen molar-refractivity contribution in [1.82, 2.24) is 9.80 Å². The van der Waals surface area contributed by atoms with Crippen LogP contribution in [0.15, 0.2) is 48.5 Å². The maximum Gasteiger partial charge on any atom is 0.274 e. The van der Waals surface area contributed by atoms with E-state index in [0.29, 0.717) is 37.3 Å². The number of nitrogens with two attached hydrogens (primary N) is 1. The van der Waals surface area contributed by atoms with E-state index in [-0.39, 0.29) is 17.2 Å². The molecule has 1 aliphatic rings. The van der Waals surface area contributed by atoms with Gasteiger partial charge in [-0.05, 0) is 24.6 Å². The molecule has 0 aromatic heterocycles. The molecule has 0 saturated carbocycles. The molecule has 0 atom stereocenters. The van der Waals surface area contributed by atoms with Crippen molar-refractivity contribution >= 4 is 17.5 Å². The van der Waals surface area contributed by atoms with Crippen LogP contribution in [0.4, 0.5) is 5.69 Å². The van der Waals surface area contributed by atoms with E-state index in [4.69, 9.17) is 5.73 Å². The number of carbonyl (C=O) groups is 2. The predicted molar refractivity (Wildman–Crippen MR) is 104 cm³/mol. The highest BCUT2D eigenvalue weighted by Gasteiger charge is 2.23. The van der Waals surface area contributed by atoms with Crippen molar-refractivity contribution in [2.75, 3.05) is 26.2 Å².